The normalized spacial score (nSPS) is 16.4. The third-order valence-electron chi connectivity index (χ3n) is 5.18. The van der Waals surface area contributed by atoms with Crippen LogP contribution >= 0.6 is 11.3 Å². The highest BCUT2D eigenvalue weighted by Crippen LogP contribution is 2.22. The summed E-state index contributed by atoms with van der Waals surface area (Å²) < 4.78 is 5.29. The van der Waals surface area contributed by atoms with Crippen molar-refractivity contribution in [3.63, 3.8) is 0 Å². The Labute approximate surface area is 179 Å². The maximum Gasteiger partial charge on any atom is 0.229 e. The predicted molar refractivity (Wildman–Crippen MR) is 115 cm³/mol. The van der Waals surface area contributed by atoms with Crippen LogP contribution in [0.2, 0.25) is 0 Å². The van der Waals surface area contributed by atoms with Crippen molar-refractivity contribution in [2.75, 3.05) is 18.4 Å². The second-order valence-electron chi connectivity index (χ2n) is 7.38. The fourth-order valence-corrected chi connectivity index (χ4v) is 4.24. The summed E-state index contributed by atoms with van der Waals surface area (Å²) in [6.45, 7) is 1.18. The number of hydrogen-bond acceptors (Lipinski definition) is 6. The number of carbonyl (C=O) groups excluding carboxylic acids is 2. The van der Waals surface area contributed by atoms with Crippen LogP contribution in [-0.4, -0.2) is 39.9 Å². The van der Waals surface area contributed by atoms with E-state index < -0.39 is 0 Å². The van der Waals surface area contributed by atoms with Gasteiger partial charge in [0.15, 0.2) is 0 Å². The minimum atomic E-state index is -0.174. The Hall–Kier alpha value is -3.00. The third-order valence-corrected chi connectivity index (χ3v) is 6.04. The lowest BCUT2D eigenvalue weighted by molar-refractivity contribution is -0.134. The van der Waals surface area contributed by atoms with Gasteiger partial charge < -0.3 is 14.7 Å². The number of rotatable bonds is 7. The Balaban J connectivity index is 1.24. The van der Waals surface area contributed by atoms with E-state index in [1.807, 2.05) is 52.7 Å². The summed E-state index contributed by atoms with van der Waals surface area (Å²) in [7, 11) is 0. The number of nitrogens with one attached hydrogen (secondary N) is 1. The van der Waals surface area contributed by atoms with Gasteiger partial charge in [-0.1, -0.05) is 29.4 Å². The number of carbonyl (C=O) groups is 2. The molecule has 0 aliphatic carbocycles. The van der Waals surface area contributed by atoms with Gasteiger partial charge in [-0.25, -0.2) is 0 Å². The largest absolute Gasteiger partial charge is 0.342 e. The van der Waals surface area contributed by atoms with E-state index in [2.05, 4.69) is 15.5 Å². The molecular weight excluding hydrogens is 400 g/mol. The van der Waals surface area contributed by atoms with Crippen molar-refractivity contribution < 1.29 is 14.1 Å². The van der Waals surface area contributed by atoms with E-state index in [4.69, 9.17) is 4.52 Å². The Morgan fingerprint density at radius 1 is 1.20 bits per heavy atom. The van der Waals surface area contributed by atoms with E-state index in [9.17, 15) is 9.59 Å². The second kappa shape index (κ2) is 9.67. The van der Waals surface area contributed by atoms with Crippen LogP contribution in [0.5, 0.6) is 0 Å². The monoisotopic (exact) mass is 424 g/mol. The van der Waals surface area contributed by atoms with E-state index in [1.54, 1.807) is 11.3 Å². The summed E-state index contributed by atoms with van der Waals surface area (Å²) in [6, 6.07) is 13.3. The summed E-state index contributed by atoms with van der Waals surface area (Å²) in [5.41, 5.74) is 0.785. The Kier molecular flexibility index (Phi) is 6.53. The summed E-state index contributed by atoms with van der Waals surface area (Å²) in [5, 5.41) is 8.91. The molecule has 8 heteroatoms. The molecule has 1 aromatic carbocycles. The van der Waals surface area contributed by atoms with Crippen molar-refractivity contribution in [2.24, 2.45) is 5.92 Å². The SMILES string of the molecule is O=C(Nc1ccccc1)[C@H]1CCCN(C(=O)CCCc2nc(-c3cccs3)no2)C1. The van der Waals surface area contributed by atoms with Gasteiger partial charge in [-0.3, -0.25) is 9.59 Å². The first-order chi connectivity index (χ1) is 14.7. The summed E-state index contributed by atoms with van der Waals surface area (Å²) in [4.78, 5) is 32.4. The molecule has 4 rings (SSSR count). The van der Waals surface area contributed by atoms with Gasteiger partial charge in [0.05, 0.1) is 10.8 Å². The molecule has 1 aliphatic heterocycles. The van der Waals surface area contributed by atoms with Crippen molar-refractivity contribution in [1.82, 2.24) is 15.0 Å². The zero-order valence-corrected chi connectivity index (χ0v) is 17.4. The number of piperidine rings is 1. The van der Waals surface area contributed by atoms with Gasteiger partial charge in [0.25, 0.3) is 0 Å². The topological polar surface area (TPSA) is 88.3 Å². The van der Waals surface area contributed by atoms with Gasteiger partial charge in [-0.05, 0) is 42.8 Å². The Bertz CT molecular complexity index is 971. The molecule has 1 atom stereocenters. The molecule has 1 saturated heterocycles. The molecule has 0 bridgehead atoms. The first kappa shape index (κ1) is 20.3. The average molecular weight is 425 g/mol. The van der Waals surface area contributed by atoms with Gasteiger partial charge in [-0.2, -0.15) is 4.98 Å². The minimum absolute atomic E-state index is 0.0225. The summed E-state index contributed by atoms with van der Waals surface area (Å²) in [6.07, 6.45) is 3.25. The van der Waals surface area contributed by atoms with Crippen LogP contribution in [-0.2, 0) is 16.0 Å². The van der Waals surface area contributed by atoms with E-state index in [0.29, 0.717) is 44.1 Å². The van der Waals surface area contributed by atoms with Gasteiger partial charge in [0, 0.05) is 31.6 Å². The van der Waals surface area contributed by atoms with Crippen molar-refractivity contribution in [3.8, 4) is 10.7 Å². The molecule has 2 amide bonds. The molecule has 1 N–H and O–H groups in total. The number of nitrogens with zero attached hydrogens (tertiary/aromatic N) is 3. The highest BCUT2D eigenvalue weighted by atomic mass is 32.1. The number of hydrogen-bond donors (Lipinski definition) is 1. The average Bonchev–Trinajstić information content (AvgIpc) is 3.46. The smallest absolute Gasteiger partial charge is 0.229 e. The second-order valence-corrected chi connectivity index (χ2v) is 8.32. The van der Waals surface area contributed by atoms with Crippen LogP contribution in [0.1, 0.15) is 31.6 Å². The maximum atomic E-state index is 12.6. The van der Waals surface area contributed by atoms with Crippen LogP contribution in [0.25, 0.3) is 10.7 Å². The molecule has 0 radical (unpaired) electrons. The van der Waals surface area contributed by atoms with Crippen LogP contribution < -0.4 is 5.32 Å². The Morgan fingerprint density at radius 2 is 2.07 bits per heavy atom. The van der Waals surface area contributed by atoms with Crippen molar-refractivity contribution in [3.05, 3.63) is 53.7 Å². The van der Waals surface area contributed by atoms with Gasteiger partial charge in [-0.15, -0.1) is 11.3 Å². The first-order valence-corrected chi connectivity index (χ1v) is 11.1. The van der Waals surface area contributed by atoms with Gasteiger partial charge in [0.1, 0.15) is 0 Å². The highest BCUT2D eigenvalue weighted by Gasteiger charge is 2.28. The number of aryl methyl sites for hydroxylation is 1. The maximum absolute atomic E-state index is 12.6. The first-order valence-electron chi connectivity index (χ1n) is 10.2. The van der Waals surface area contributed by atoms with Crippen LogP contribution in [0, 0.1) is 5.92 Å². The fraction of sp³-hybridized carbons (Fsp3) is 0.364. The quantitative estimate of drug-likeness (QED) is 0.619. The molecule has 1 aliphatic rings. The number of benzene rings is 1. The molecule has 0 unspecified atom stereocenters. The molecular formula is C22H24N4O3S. The molecule has 7 nitrogen and oxygen atoms in total. The van der Waals surface area contributed by atoms with Crippen molar-refractivity contribution >= 4 is 28.8 Å². The summed E-state index contributed by atoms with van der Waals surface area (Å²) >= 11 is 1.56. The van der Waals surface area contributed by atoms with Gasteiger partial charge in [0.2, 0.25) is 23.5 Å². The summed E-state index contributed by atoms with van der Waals surface area (Å²) in [5.74, 6) is 1.02. The van der Waals surface area contributed by atoms with E-state index in [0.717, 1.165) is 23.4 Å². The van der Waals surface area contributed by atoms with E-state index in [-0.39, 0.29) is 17.7 Å². The van der Waals surface area contributed by atoms with Crippen molar-refractivity contribution in [1.29, 1.82) is 0 Å². The molecule has 30 heavy (non-hydrogen) atoms. The molecule has 0 saturated carbocycles. The lowest BCUT2D eigenvalue weighted by atomic mass is 9.96. The standard InChI is InChI=1S/C22H24N4O3S/c27-20(12-4-11-19-24-21(25-29-19)18-10-6-14-30-18)26-13-5-7-16(15-26)22(28)23-17-8-2-1-3-9-17/h1-3,6,8-10,14,16H,4-5,7,11-13,15H2,(H,23,28)/t16-/m0/s1. The molecule has 3 heterocycles. The third kappa shape index (κ3) is 5.13. The number of likely N-dealkylation sites (tertiary alicyclic amines) is 1. The van der Waals surface area contributed by atoms with E-state index in [1.165, 1.54) is 0 Å². The lowest BCUT2D eigenvalue weighted by Crippen LogP contribution is -2.43. The number of amides is 2. The van der Waals surface area contributed by atoms with Gasteiger partial charge >= 0.3 is 0 Å². The van der Waals surface area contributed by atoms with Crippen molar-refractivity contribution in [2.45, 2.75) is 32.1 Å². The molecule has 0 spiro atoms. The molecule has 156 valence electrons. The fourth-order valence-electron chi connectivity index (χ4n) is 3.59. The minimum Gasteiger partial charge on any atom is -0.342 e. The van der Waals surface area contributed by atoms with E-state index >= 15 is 0 Å². The van der Waals surface area contributed by atoms with Crippen LogP contribution in [0.15, 0.2) is 52.4 Å². The molecule has 2 aromatic heterocycles. The number of anilines is 1. The zero-order valence-electron chi connectivity index (χ0n) is 16.6. The zero-order chi connectivity index (χ0) is 20.8. The molecule has 1 fully saturated rings. The lowest BCUT2D eigenvalue weighted by Gasteiger charge is -2.32. The predicted octanol–water partition coefficient (Wildman–Crippen LogP) is 4.00. The van der Waals surface area contributed by atoms with Crippen LogP contribution in [0.3, 0.4) is 0 Å². The number of aromatic nitrogens is 2. The number of para-hydroxylation sites is 1. The Morgan fingerprint density at radius 3 is 2.87 bits per heavy atom. The molecule has 3 aromatic rings. The van der Waals surface area contributed by atoms with Crippen LogP contribution in [0.4, 0.5) is 5.69 Å². The highest BCUT2D eigenvalue weighted by molar-refractivity contribution is 7.13. The number of thiophene rings is 1.